The summed E-state index contributed by atoms with van der Waals surface area (Å²) in [4.78, 5) is 29.0. The topological polar surface area (TPSA) is 96.0 Å². The lowest BCUT2D eigenvalue weighted by Gasteiger charge is -2.33. The quantitative estimate of drug-likeness (QED) is 0.261. The molecule has 0 aliphatic heterocycles. The Morgan fingerprint density at radius 2 is 1.58 bits per heavy atom. The number of halogens is 2. The van der Waals surface area contributed by atoms with Gasteiger partial charge in [0.05, 0.1) is 17.7 Å². The number of hydrogen-bond acceptors (Lipinski definition) is 5. The van der Waals surface area contributed by atoms with Crippen molar-refractivity contribution in [3.05, 3.63) is 87.9 Å². The largest absolute Gasteiger partial charge is 0.495 e. The highest BCUT2D eigenvalue weighted by Crippen LogP contribution is 2.35. The molecule has 230 valence electrons. The summed E-state index contributed by atoms with van der Waals surface area (Å²) in [6, 6.07) is 17.1. The third-order valence-corrected chi connectivity index (χ3v) is 9.94. The van der Waals surface area contributed by atoms with Crippen LogP contribution >= 0.6 is 23.2 Å². The van der Waals surface area contributed by atoms with Gasteiger partial charge in [0.25, 0.3) is 10.0 Å². The molecule has 0 bridgehead atoms. The molecule has 3 aromatic rings. The van der Waals surface area contributed by atoms with E-state index in [0.717, 1.165) is 47.5 Å². The molecule has 0 aromatic heterocycles. The van der Waals surface area contributed by atoms with E-state index in [1.165, 1.54) is 30.2 Å². The van der Waals surface area contributed by atoms with Crippen LogP contribution in [-0.4, -0.2) is 50.9 Å². The summed E-state index contributed by atoms with van der Waals surface area (Å²) in [5.41, 5.74) is 1.73. The Labute approximate surface area is 264 Å². The van der Waals surface area contributed by atoms with Gasteiger partial charge in [0, 0.05) is 22.6 Å². The number of hydrogen-bond donors (Lipinski definition) is 1. The fourth-order valence-corrected chi connectivity index (χ4v) is 6.86. The first-order valence-electron chi connectivity index (χ1n) is 14.3. The molecule has 1 aliphatic rings. The zero-order valence-electron chi connectivity index (χ0n) is 24.6. The molecule has 1 fully saturated rings. The van der Waals surface area contributed by atoms with Crippen molar-refractivity contribution in [3.8, 4) is 5.75 Å². The van der Waals surface area contributed by atoms with Gasteiger partial charge in [-0.25, -0.2) is 8.42 Å². The Balaban J connectivity index is 1.72. The molecule has 4 rings (SSSR count). The molecule has 0 unspecified atom stereocenters. The number of sulfonamides is 1. The molecule has 43 heavy (non-hydrogen) atoms. The fraction of sp³-hybridized carbons (Fsp3) is 0.375. The summed E-state index contributed by atoms with van der Waals surface area (Å²) >= 11 is 12.4. The van der Waals surface area contributed by atoms with Crippen LogP contribution in [0.1, 0.15) is 50.2 Å². The van der Waals surface area contributed by atoms with Crippen LogP contribution in [0.3, 0.4) is 0 Å². The van der Waals surface area contributed by atoms with E-state index in [1.807, 2.05) is 6.92 Å². The van der Waals surface area contributed by atoms with Crippen molar-refractivity contribution in [3.63, 3.8) is 0 Å². The van der Waals surface area contributed by atoms with Crippen LogP contribution in [0.4, 0.5) is 5.69 Å². The standard InChI is InChI=1S/C32H37Cl2N3O5S/c1-22-9-16-28(17-10-22)43(40,41)37(29-19-26(34)15-18-30(29)42-3)21-31(38)36(20-24-11-13-25(33)14-12-24)23(2)32(39)35-27-7-5-4-6-8-27/h9-19,23,27H,4-8,20-21H2,1-3H3,(H,35,39)/t23-/m0/s1. The third-order valence-electron chi connectivity index (χ3n) is 7.68. The van der Waals surface area contributed by atoms with E-state index in [2.05, 4.69) is 5.32 Å². The molecule has 2 amide bonds. The number of nitrogens with one attached hydrogen (secondary N) is 1. The van der Waals surface area contributed by atoms with Crippen molar-refractivity contribution < 1.29 is 22.7 Å². The molecule has 1 N–H and O–H groups in total. The maximum Gasteiger partial charge on any atom is 0.264 e. The lowest BCUT2D eigenvalue weighted by atomic mass is 9.95. The fourth-order valence-electron chi connectivity index (χ4n) is 5.15. The van der Waals surface area contributed by atoms with Crippen molar-refractivity contribution in [2.75, 3.05) is 18.0 Å². The molecule has 1 saturated carbocycles. The van der Waals surface area contributed by atoms with E-state index < -0.39 is 28.5 Å². The normalized spacial score (nSPS) is 14.5. The highest BCUT2D eigenvalue weighted by Gasteiger charge is 2.34. The van der Waals surface area contributed by atoms with Gasteiger partial charge < -0.3 is 15.0 Å². The first-order valence-corrected chi connectivity index (χ1v) is 16.5. The van der Waals surface area contributed by atoms with Gasteiger partial charge in [-0.15, -0.1) is 0 Å². The Bertz CT molecular complexity index is 1530. The van der Waals surface area contributed by atoms with E-state index in [-0.39, 0.29) is 39.8 Å². The third kappa shape index (κ3) is 8.22. The van der Waals surface area contributed by atoms with Gasteiger partial charge in [0.1, 0.15) is 18.3 Å². The second kappa shape index (κ2) is 14.5. The second-order valence-electron chi connectivity index (χ2n) is 10.8. The monoisotopic (exact) mass is 645 g/mol. The van der Waals surface area contributed by atoms with Crippen LogP contribution in [0.5, 0.6) is 5.75 Å². The number of amides is 2. The molecule has 11 heteroatoms. The van der Waals surface area contributed by atoms with Gasteiger partial charge in [-0.05, 0) is 74.7 Å². The van der Waals surface area contributed by atoms with Crippen LogP contribution in [0, 0.1) is 6.92 Å². The Morgan fingerprint density at radius 3 is 2.21 bits per heavy atom. The molecule has 1 atom stereocenters. The van der Waals surface area contributed by atoms with Crippen molar-refractivity contribution >= 4 is 50.7 Å². The van der Waals surface area contributed by atoms with Gasteiger partial charge in [0.2, 0.25) is 11.8 Å². The molecular formula is C32H37Cl2N3O5S. The van der Waals surface area contributed by atoms with Gasteiger partial charge in [-0.1, -0.05) is 72.3 Å². The van der Waals surface area contributed by atoms with Gasteiger partial charge in [-0.2, -0.15) is 0 Å². The van der Waals surface area contributed by atoms with Crippen LogP contribution in [-0.2, 0) is 26.2 Å². The summed E-state index contributed by atoms with van der Waals surface area (Å²) in [6.45, 7) is 2.98. The van der Waals surface area contributed by atoms with Gasteiger partial charge in [0.15, 0.2) is 0 Å². The number of ether oxygens (including phenoxy) is 1. The number of rotatable bonds is 11. The first kappa shape index (κ1) is 32.6. The number of benzene rings is 3. The molecular weight excluding hydrogens is 609 g/mol. The van der Waals surface area contributed by atoms with Crippen molar-refractivity contribution in [1.82, 2.24) is 10.2 Å². The number of nitrogens with zero attached hydrogens (tertiary/aromatic N) is 2. The highest BCUT2D eigenvalue weighted by molar-refractivity contribution is 7.92. The van der Waals surface area contributed by atoms with Gasteiger partial charge >= 0.3 is 0 Å². The lowest BCUT2D eigenvalue weighted by molar-refractivity contribution is -0.139. The van der Waals surface area contributed by atoms with Crippen LogP contribution in [0.15, 0.2) is 71.6 Å². The van der Waals surface area contributed by atoms with E-state index in [1.54, 1.807) is 55.5 Å². The lowest BCUT2D eigenvalue weighted by Crippen LogP contribution is -2.53. The van der Waals surface area contributed by atoms with Crippen molar-refractivity contribution in [2.45, 2.75) is 69.5 Å². The SMILES string of the molecule is COc1ccc(Cl)cc1N(CC(=O)N(Cc1ccc(Cl)cc1)[C@@H](C)C(=O)NC1CCCCC1)S(=O)(=O)c1ccc(C)cc1. The number of aryl methyl sites for hydroxylation is 1. The molecule has 1 aliphatic carbocycles. The smallest absolute Gasteiger partial charge is 0.264 e. The van der Waals surface area contributed by atoms with E-state index in [9.17, 15) is 18.0 Å². The van der Waals surface area contributed by atoms with Crippen LogP contribution in [0.25, 0.3) is 0 Å². The summed E-state index contributed by atoms with van der Waals surface area (Å²) in [6.07, 6.45) is 5.00. The highest BCUT2D eigenvalue weighted by atomic mass is 35.5. The Morgan fingerprint density at radius 1 is 0.953 bits per heavy atom. The zero-order valence-corrected chi connectivity index (χ0v) is 26.9. The summed E-state index contributed by atoms with van der Waals surface area (Å²) < 4.78 is 34.7. The van der Waals surface area contributed by atoms with E-state index in [4.69, 9.17) is 27.9 Å². The first-order chi connectivity index (χ1) is 20.5. The predicted molar refractivity (Wildman–Crippen MR) is 170 cm³/mol. The Kier molecular flexibility index (Phi) is 11.0. The Hall–Kier alpha value is -3.27. The number of carbonyl (C=O) groups excluding carboxylic acids is 2. The molecule has 0 radical (unpaired) electrons. The van der Waals surface area contributed by atoms with E-state index in [0.29, 0.717) is 5.02 Å². The summed E-state index contributed by atoms with van der Waals surface area (Å²) in [5, 5.41) is 3.90. The minimum absolute atomic E-state index is 0.000250. The van der Waals surface area contributed by atoms with Crippen molar-refractivity contribution in [1.29, 1.82) is 0 Å². The van der Waals surface area contributed by atoms with E-state index >= 15 is 0 Å². The minimum Gasteiger partial charge on any atom is -0.495 e. The molecule has 3 aromatic carbocycles. The van der Waals surface area contributed by atoms with Crippen molar-refractivity contribution in [2.24, 2.45) is 0 Å². The van der Waals surface area contributed by atoms with Crippen LogP contribution < -0.4 is 14.4 Å². The number of carbonyl (C=O) groups is 2. The predicted octanol–water partition coefficient (Wildman–Crippen LogP) is 6.37. The second-order valence-corrected chi connectivity index (χ2v) is 13.5. The van der Waals surface area contributed by atoms with Crippen LogP contribution in [0.2, 0.25) is 10.0 Å². The summed E-state index contributed by atoms with van der Waals surface area (Å²) in [5.74, 6) is -0.637. The molecule has 0 heterocycles. The molecule has 8 nitrogen and oxygen atoms in total. The average Bonchev–Trinajstić information content (AvgIpc) is 2.99. The van der Waals surface area contributed by atoms with Gasteiger partial charge in [-0.3, -0.25) is 13.9 Å². The maximum atomic E-state index is 14.2. The number of anilines is 1. The number of methoxy groups -OCH3 is 1. The minimum atomic E-state index is -4.27. The zero-order chi connectivity index (χ0) is 31.1. The molecule has 0 spiro atoms. The maximum absolute atomic E-state index is 14.2. The summed E-state index contributed by atoms with van der Waals surface area (Å²) in [7, 11) is -2.85. The average molecular weight is 647 g/mol. The molecule has 0 saturated heterocycles.